The van der Waals surface area contributed by atoms with Crippen molar-refractivity contribution in [1.82, 2.24) is 4.90 Å². The van der Waals surface area contributed by atoms with Crippen LogP contribution in [0.15, 0.2) is 0 Å². The first-order valence-corrected chi connectivity index (χ1v) is 4.27. The van der Waals surface area contributed by atoms with Crippen molar-refractivity contribution >= 4 is 6.09 Å². The van der Waals surface area contributed by atoms with E-state index in [2.05, 4.69) is 23.6 Å². The van der Waals surface area contributed by atoms with Crippen LogP contribution in [0.3, 0.4) is 0 Å². The number of nitrogens with zero attached hydrogens (tertiary/aromatic N) is 1. The highest BCUT2D eigenvalue weighted by Crippen LogP contribution is 1.92. The van der Waals surface area contributed by atoms with Gasteiger partial charge in [-0.15, -0.1) is 0 Å². The summed E-state index contributed by atoms with van der Waals surface area (Å²) in [6, 6.07) is 0. The third-order valence-electron chi connectivity index (χ3n) is 1.72. The minimum Gasteiger partial charge on any atom is -0.450 e. The number of carbonyl (C=O) groups excluding carboxylic acids is 1. The standard InChI is InChI=1S/C8H18N2O2/c1-3-10(2)6-4-5-7-12-8(9)11/h3-7H2,1-2H3,(H2,9,11). The maximum atomic E-state index is 10.1. The van der Waals surface area contributed by atoms with Gasteiger partial charge in [-0.2, -0.15) is 0 Å². The third-order valence-corrected chi connectivity index (χ3v) is 1.72. The summed E-state index contributed by atoms with van der Waals surface area (Å²) in [5.41, 5.74) is 4.79. The fraction of sp³-hybridized carbons (Fsp3) is 0.875. The first-order valence-electron chi connectivity index (χ1n) is 4.27. The molecule has 0 spiro atoms. The molecule has 0 saturated heterocycles. The molecule has 4 heteroatoms. The Morgan fingerprint density at radius 3 is 2.67 bits per heavy atom. The number of hydrogen-bond acceptors (Lipinski definition) is 3. The van der Waals surface area contributed by atoms with E-state index in [1.807, 2.05) is 0 Å². The molecular weight excluding hydrogens is 156 g/mol. The largest absolute Gasteiger partial charge is 0.450 e. The van der Waals surface area contributed by atoms with E-state index in [9.17, 15) is 4.79 Å². The van der Waals surface area contributed by atoms with Gasteiger partial charge in [-0.25, -0.2) is 4.79 Å². The zero-order valence-corrected chi connectivity index (χ0v) is 7.88. The van der Waals surface area contributed by atoms with E-state index in [0.717, 1.165) is 25.9 Å². The summed E-state index contributed by atoms with van der Waals surface area (Å²) in [5.74, 6) is 0. The van der Waals surface area contributed by atoms with Crippen LogP contribution < -0.4 is 5.73 Å². The predicted molar refractivity (Wildman–Crippen MR) is 47.9 cm³/mol. The molecule has 12 heavy (non-hydrogen) atoms. The van der Waals surface area contributed by atoms with E-state index in [4.69, 9.17) is 5.73 Å². The minimum atomic E-state index is -0.682. The van der Waals surface area contributed by atoms with Gasteiger partial charge in [-0.05, 0) is 33.0 Å². The highest BCUT2D eigenvalue weighted by atomic mass is 16.5. The molecule has 2 N–H and O–H groups in total. The number of rotatable bonds is 6. The monoisotopic (exact) mass is 174 g/mol. The zero-order valence-electron chi connectivity index (χ0n) is 7.88. The smallest absolute Gasteiger partial charge is 0.404 e. The molecule has 0 heterocycles. The molecule has 0 aliphatic heterocycles. The van der Waals surface area contributed by atoms with Crippen LogP contribution in [-0.2, 0) is 4.74 Å². The zero-order chi connectivity index (χ0) is 9.40. The van der Waals surface area contributed by atoms with Gasteiger partial charge in [0.2, 0.25) is 0 Å². The summed E-state index contributed by atoms with van der Waals surface area (Å²) < 4.78 is 4.58. The molecule has 0 aliphatic carbocycles. The second-order valence-corrected chi connectivity index (χ2v) is 2.77. The number of carbonyl (C=O) groups is 1. The molecule has 0 atom stereocenters. The Labute approximate surface area is 73.7 Å². The Hall–Kier alpha value is -0.770. The van der Waals surface area contributed by atoms with Crippen molar-refractivity contribution in [3.63, 3.8) is 0 Å². The molecule has 0 radical (unpaired) electrons. The molecule has 0 aromatic heterocycles. The summed E-state index contributed by atoms with van der Waals surface area (Å²) in [4.78, 5) is 12.4. The molecular formula is C8H18N2O2. The lowest BCUT2D eigenvalue weighted by Gasteiger charge is -2.12. The normalized spacial score (nSPS) is 10.2. The Bertz CT molecular complexity index is 128. The van der Waals surface area contributed by atoms with Gasteiger partial charge in [0, 0.05) is 0 Å². The van der Waals surface area contributed by atoms with Gasteiger partial charge < -0.3 is 15.4 Å². The highest BCUT2D eigenvalue weighted by Gasteiger charge is 1.95. The molecule has 0 fully saturated rings. The summed E-state index contributed by atoms with van der Waals surface area (Å²) in [7, 11) is 2.06. The maximum Gasteiger partial charge on any atom is 0.404 e. The summed E-state index contributed by atoms with van der Waals surface area (Å²) >= 11 is 0. The molecule has 0 bridgehead atoms. The highest BCUT2D eigenvalue weighted by molar-refractivity contribution is 5.64. The molecule has 0 rings (SSSR count). The van der Waals surface area contributed by atoms with Crippen molar-refractivity contribution in [1.29, 1.82) is 0 Å². The maximum absolute atomic E-state index is 10.1. The van der Waals surface area contributed by atoms with Crippen LogP contribution in [0.2, 0.25) is 0 Å². The van der Waals surface area contributed by atoms with Crippen molar-refractivity contribution < 1.29 is 9.53 Å². The molecule has 0 saturated carbocycles. The molecule has 0 aromatic rings. The van der Waals surface area contributed by atoms with Crippen molar-refractivity contribution in [2.24, 2.45) is 5.73 Å². The van der Waals surface area contributed by atoms with E-state index < -0.39 is 6.09 Å². The number of amides is 1. The van der Waals surface area contributed by atoms with Crippen LogP contribution in [0.5, 0.6) is 0 Å². The molecule has 72 valence electrons. The van der Waals surface area contributed by atoms with Gasteiger partial charge >= 0.3 is 6.09 Å². The second kappa shape index (κ2) is 6.91. The molecule has 4 nitrogen and oxygen atoms in total. The summed E-state index contributed by atoms with van der Waals surface area (Å²) in [6.45, 7) is 4.64. The van der Waals surface area contributed by atoms with Crippen LogP contribution in [0.4, 0.5) is 4.79 Å². The van der Waals surface area contributed by atoms with Crippen molar-refractivity contribution in [3.8, 4) is 0 Å². The molecule has 1 amide bonds. The van der Waals surface area contributed by atoms with E-state index in [1.165, 1.54) is 0 Å². The van der Waals surface area contributed by atoms with Crippen LogP contribution in [0.1, 0.15) is 19.8 Å². The van der Waals surface area contributed by atoms with Crippen molar-refractivity contribution in [2.45, 2.75) is 19.8 Å². The Balaban J connectivity index is 3.05. The fourth-order valence-electron chi connectivity index (χ4n) is 0.815. The fourth-order valence-corrected chi connectivity index (χ4v) is 0.815. The lowest BCUT2D eigenvalue weighted by atomic mass is 10.3. The average Bonchev–Trinajstić information content (AvgIpc) is 2.03. The van der Waals surface area contributed by atoms with Gasteiger partial charge in [0.05, 0.1) is 6.61 Å². The summed E-state index contributed by atoms with van der Waals surface area (Å²) in [6.07, 6.45) is 1.24. The van der Waals surface area contributed by atoms with Crippen LogP contribution in [-0.4, -0.2) is 37.7 Å². The van der Waals surface area contributed by atoms with Crippen LogP contribution in [0.25, 0.3) is 0 Å². The van der Waals surface area contributed by atoms with Crippen LogP contribution in [0, 0.1) is 0 Å². The average molecular weight is 174 g/mol. The Kier molecular flexibility index (Phi) is 6.47. The van der Waals surface area contributed by atoms with E-state index in [-0.39, 0.29) is 0 Å². The van der Waals surface area contributed by atoms with E-state index >= 15 is 0 Å². The molecule has 0 aromatic carbocycles. The predicted octanol–water partition coefficient (Wildman–Crippen LogP) is 0.814. The van der Waals surface area contributed by atoms with Crippen molar-refractivity contribution in [2.75, 3.05) is 26.7 Å². The number of primary amides is 1. The number of nitrogens with two attached hydrogens (primary N) is 1. The molecule has 0 unspecified atom stereocenters. The lowest BCUT2D eigenvalue weighted by molar-refractivity contribution is 0.153. The second-order valence-electron chi connectivity index (χ2n) is 2.77. The first kappa shape index (κ1) is 11.2. The van der Waals surface area contributed by atoms with Crippen LogP contribution >= 0.6 is 0 Å². The van der Waals surface area contributed by atoms with Gasteiger partial charge in [-0.1, -0.05) is 6.92 Å². The van der Waals surface area contributed by atoms with E-state index in [0.29, 0.717) is 6.61 Å². The van der Waals surface area contributed by atoms with E-state index in [1.54, 1.807) is 0 Å². The quantitative estimate of drug-likeness (QED) is 0.606. The Morgan fingerprint density at radius 1 is 1.50 bits per heavy atom. The van der Waals surface area contributed by atoms with Gasteiger partial charge in [0.1, 0.15) is 0 Å². The van der Waals surface area contributed by atoms with Gasteiger partial charge in [0.25, 0.3) is 0 Å². The van der Waals surface area contributed by atoms with Gasteiger partial charge in [0.15, 0.2) is 0 Å². The SMILES string of the molecule is CCN(C)CCCCOC(N)=O. The number of hydrogen-bond donors (Lipinski definition) is 1. The lowest BCUT2D eigenvalue weighted by Crippen LogP contribution is -2.19. The summed E-state index contributed by atoms with van der Waals surface area (Å²) in [5, 5.41) is 0. The number of unbranched alkanes of at least 4 members (excludes halogenated alkanes) is 1. The topological polar surface area (TPSA) is 55.6 Å². The number of ether oxygens (including phenoxy) is 1. The first-order chi connectivity index (χ1) is 5.66. The minimum absolute atomic E-state index is 0.437. The third kappa shape index (κ3) is 7.34. The molecule has 0 aliphatic rings. The Morgan fingerprint density at radius 2 is 2.17 bits per heavy atom. The van der Waals surface area contributed by atoms with Crippen molar-refractivity contribution in [3.05, 3.63) is 0 Å². The van der Waals surface area contributed by atoms with Gasteiger partial charge in [-0.3, -0.25) is 0 Å².